The van der Waals surface area contributed by atoms with Crippen molar-refractivity contribution in [3.8, 4) is 0 Å². The molecule has 5 heteroatoms. The van der Waals surface area contributed by atoms with Gasteiger partial charge in [0.05, 0.1) is 24.9 Å². The van der Waals surface area contributed by atoms with Crippen LogP contribution in [0.5, 0.6) is 0 Å². The van der Waals surface area contributed by atoms with Crippen molar-refractivity contribution in [2.45, 2.75) is 31.4 Å². The maximum Gasteiger partial charge on any atom is 0.341 e. The van der Waals surface area contributed by atoms with Gasteiger partial charge < -0.3 is 9.47 Å². The molecular formula is C18H20N2O3. The minimum Gasteiger partial charge on any atom is -0.455 e. The van der Waals surface area contributed by atoms with Crippen LogP contribution in [0.1, 0.15) is 35.2 Å². The molecule has 0 radical (unpaired) electrons. The van der Waals surface area contributed by atoms with Crippen molar-refractivity contribution in [3.63, 3.8) is 0 Å². The van der Waals surface area contributed by atoms with Gasteiger partial charge in [-0.05, 0) is 24.8 Å². The molecule has 0 bridgehead atoms. The largest absolute Gasteiger partial charge is 0.455 e. The van der Waals surface area contributed by atoms with Crippen LogP contribution in [0, 0.1) is 5.92 Å². The summed E-state index contributed by atoms with van der Waals surface area (Å²) in [5, 5.41) is 4.27. The summed E-state index contributed by atoms with van der Waals surface area (Å²) in [6.45, 7) is 2.13. The predicted molar refractivity (Wildman–Crippen MR) is 84.1 cm³/mol. The van der Waals surface area contributed by atoms with Crippen LogP contribution in [0.15, 0.2) is 42.7 Å². The highest BCUT2D eigenvalue weighted by atomic mass is 16.6. The average Bonchev–Trinajstić information content (AvgIpc) is 3.00. The van der Waals surface area contributed by atoms with Crippen LogP contribution >= 0.6 is 0 Å². The van der Waals surface area contributed by atoms with E-state index in [9.17, 15) is 4.79 Å². The van der Waals surface area contributed by atoms with Gasteiger partial charge in [-0.15, -0.1) is 0 Å². The molecule has 2 aliphatic rings. The highest BCUT2D eigenvalue weighted by Gasteiger charge is 2.54. The Bertz CT molecular complexity index is 685. The molecule has 0 spiro atoms. The normalized spacial score (nSPS) is 22.0. The zero-order chi connectivity index (χ0) is 15.7. The highest BCUT2D eigenvalue weighted by Crippen LogP contribution is 2.49. The van der Waals surface area contributed by atoms with Crippen LogP contribution in [-0.2, 0) is 16.0 Å². The number of ether oxygens (including phenoxy) is 2. The summed E-state index contributed by atoms with van der Waals surface area (Å²) >= 11 is 0. The Morgan fingerprint density at radius 3 is 2.87 bits per heavy atom. The lowest BCUT2D eigenvalue weighted by Crippen LogP contribution is -2.29. The van der Waals surface area contributed by atoms with E-state index >= 15 is 0 Å². The smallest absolute Gasteiger partial charge is 0.341 e. The number of carbonyl (C=O) groups excluding carboxylic acids is 1. The van der Waals surface area contributed by atoms with Crippen molar-refractivity contribution < 1.29 is 14.3 Å². The maximum absolute atomic E-state index is 12.4. The summed E-state index contributed by atoms with van der Waals surface area (Å²) in [4.78, 5) is 12.4. The Labute approximate surface area is 135 Å². The van der Waals surface area contributed by atoms with Crippen LogP contribution < -0.4 is 0 Å². The SMILES string of the molecule is O=C(OC1([C@@H]2CCOC2)CC1)c1cnn(Cc2ccccc2)c1. The van der Waals surface area contributed by atoms with E-state index in [1.165, 1.54) is 0 Å². The molecule has 0 amide bonds. The number of rotatable bonds is 5. The van der Waals surface area contributed by atoms with Crippen LogP contribution in [0.25, 0.3) is 0 Å². The van der Waals surface area contributed by atoms with Crippen LogP contribution in [0.3, 0.4) is 0 Å². The Kier molecular flexibility index (Phi) is 3.65. The van der Waals surface area contributed by atoms with Crippen molar-refractivity contribution in [2.24, 2.45) is 5.92 Å². The molecule has 2 fully saturated rings. The Hall–Kier alpha value is -2.14. The van der Waals surface area contributed by atoms with Gasteiger partial charge in [0.1, 0.15) is 5.60 Å². The Balaban J connectivity index is 1.41. The number of carbonyl (C=O) groups is 1. The standard InChI is InChI=1S/C18H20N2O3/c21-17(23-18(7-8-18)16-6-9-22-13-16)15-10-19-20(12-15)11-14-4-2-1-3-5-14/h1-5,10,12,16H,6-9,11,13H2/t16-/m1/s1. The molecule has 2 heterocycles. The van der Waals surface area contributed by atoms with Gasteiger partial charge in [-0.3, -0.25) is 4.68 Å². The number of aromatic nitrogens is 2. The summed E-state index contributed by atoms with van der Waals surface area (Å²) in [7, 11) is 0. The van der Waals surface area contributed by atoms with Gasteiger partial charge in [-0.25, -0.2) is 4.79 Å². The minimum atomic E-state index is -0.283. The second-order valence-electron chi connectivity index (χ2n) is 6.43. The summed E-state index contributed by atoms with van der Waals surface area (Å²) in [5.74, 6) is 0.0829. The molecule has 120 valence electrons. The van der Waals surface area contributed by atoms with E-state index in [0.29, 0.717) is 24.6 Å². The zero-order valence-electron chi connectivity index (χ0n) is 13.0. The molecule has 5 nitrogen and oxygen atoms in total. The molecule has 1 aliphatic carbocycles. The van der Waals surface area contributed by atoms with Crippen LogP contribution in [-0.4, -0.2) is 34.6 Å². The molecule has 1 atom stereocenters. The molecule has 2 aromatic rings. The third-order valence-electron chi connectivity index (χ3n) is 4.77. The maximum atomic E-state index is 12.4. The molecule has 1 saturated heterocycles. The van der Waals surface area contributed by atoms with Gasteiger partial charge in [-0.1, -0.05) is 30.3 Å². The van der Waals surface area contributed by atoms with Crippen molar-refractivity contribution in [1.29, 1.82) is 0 Å². The lowest BCUT2D eigenvalue weighted by atomic mass is 9.99. The second kappa shape index (κ2) is 5.81. The molecule has 0 N–H and O–H groups in total. The lowest BCUT2D eigenvalue weighted by molar-refractivity contribution is 0.000826. The van der Waals surface area contributed by atoms with Crippen molar-refractivity contribution in [1.82, 2.24) is 9.78 Å². The zero-order valence-corrected chi connectivity index (χ0v) is 13.0. The quantitative estimate of drug-likeness (QED) is 0.797. The van der Waals surface area contributed by atoms with E-state index in [1.54, 1.807) is 17.1 Å². The van der Waals surface area contributed by atoms with E-state index in [-0.39, 0.29) is 11.6 Å². The van der Waals surface area contributed by atoms with E-state index < -0.39 is 0 Å². The molecule has 4 rings (SSSR count). The third-order valence-corrected chi connectivity index (χ3v) is 4.77. The summed E-state index contributed by atoms with van der Waals surface area (Å²) < 4.78 is 13.0. The minimum absolute atomic E-state index is 0.270. The molecule has 1 aromatic carbocycles. The van der Waals surface area contributed by atoms with Gasteiger partial charge in [0.15, 0.2) is 0 Å². The Morgan fingerprint density at radius 1 is 1.35 bits per heavy atom. The van der Waals surface area contributed by atoms with Crippen molar-refractivity contribution in [2.75, 3.05) is 13.2 Å². The first-order valence-corrected chi connectivity index (χ1v) is 8.13. The predicted octanol–water partition coefficient (Wildman–Crippen LogP) is 2.66. The highest BCUT2D eigenvalue weighted by molar-refractivity contribution is 5.89. The van der Waals surface area contributed by atoms with Gasteiger partial charge in [-0.2, -0.15) is 5.10 Å². The second-order valence-corrected chi connectivity index (χ2v) is 6.43. The number of esters is 1. The fourth-order valence-corrected chi connectivity index (χ4v) is 3.24. The third kappa shape index (κ3) is 3.01. The van der Waals surface area contributed by atoms with Crippen molar-refractivity contribution >= 4 is 5.97 Å². The van der Waals surface area contributed by atoms with E-state index in [1.807, 2.05) is 30.3 Å². The topological polar surface area (TPSA) is 53.4 Å². The van der Waals surface area contributed by atoms with E-state index in [0.717, 1.165) is 31.4 Å². The molecule has 1 saturated carbocycles. The molecule has 1 aromatic heterocycles. The van der Waals surface area contributed by atoms with Gasteiger partial charge in [0, 0.05) is 18.7 Å². The fraction of sp³-hybridized carbons (Fsp3) is 0.444. The summed E-state index contributed by atoms with van der Waals surface area (Å²) in [6, 6.07) is 10.1. The Morgan fingerprint density at radius 2 is 2.17 bits per heavy atom. The van der Waals surface area contributed by atoms with Gasteiger partial charge in [0.25, 0.3) is 0 Å². The number of hydrogen-bond acceptors (Lipinski definition) is 4. The summed E-state index contributed by atoms with van der Waals surface area (Å²) in [5.41, 5.74) is 1.39. The number of hydrogen-bond donors (Lipinski definition) is 0. The fourth-order valence-electron chi connectivity index (χ4n) is 3.24. The monoisotopic (exact) mass is 312 g/mol. The van der Waals surface area contributed by atoms with Gasteiger partial charge in [0.2, 0.25) is 0 Å². The molecule has 0 unspecified atom stereocenters. The van der Waals surface area contributed by atoms with E-state index in [4.69, 9.17) is 9.47 Å². The molecule has 1 aliphatic heterocycles. The summed E-state index contributed by atoms with van der Waals surface area (Å²) in [6.07, 6.45) is 6.24. The lowest BCUT2D eigenvalue weighted by Gasteiger charge is -2.21. The van der Waals surface area contributed by atoms with Crippen molar-refractivity contribution in [3.05, 3.63) is 53.9 Å². The average molecular weight is 312 g/mol. The van der Waals surface area contributed by atoms with E-state index in [2.05, 4.69) is 5.10 Å². The molecule has 23 heavy (non-hydrogen) atoms. The van der Waals surface area contributed by atoms with Crippen LogP contribution in [0.4, 0.5) is 0 Å². The first-order valence-electron chi connectivity index (χ1n) is 8.13. The first-order chi connectivity index (χ1) is 11.3. The number of nitrogens with zero attached hydrogens (tertiary/aromatic N) is 2. The van der Waals surface area contributed by atoms with Crippen LogP contribution in [0.2, 0.25) is 0 Å². The number of benzene rings is 1. The molecular weight excluding hydrogens is 292 g/mol. The first kappa shape index (κ1) is 14.5. The van der Waals surface area contributed by atoms with Gasteiger partial charge >= 0.3 is 5.97 Å².